The minimum Gasteiger partial charge on any atom is -0.391 e. The lowest BCUT2D eigenvalue weighted by Crippen LogP contribution is -2.30. The van der Waals surface area contributed by atoms with Gasteiger partial charge in [-0.1, -0.05) is 0 Å². The number of hydrogen-bond donors (Lipinski definition) is 2. The van der Waals surface area contributed by atoms with Gasteiger partial charge in [-0.15, -0.1) is 0 Å². The van der Waals surface area contributed by atoms with E-state index in [2.05, 4.69) is 9.46 Å². The lowest BCUT2D eigenvalue weighted by Gasteiger charge is -2.11. The van der Waals surface area contributed by atoms with E-state index in [0.29, 0.717) is 0 Å². The van der Waals surface area contributed by atoms with Crippen molar-refractivity contribution >= 4 is 10.0 Å². The minimum absolute atomic E-state index is 0.0289. The molecule has 0 aromatic carbocycles. The second-order valence-electron chi connectivity index (χ2n) is 3.83. The second kappa shape index (κ2) is 7.93. The molecule has 0 aliphatic heterocycles. The van der Waals surface area contributed by atoms with Gasteiger partial charge in [0.1, 0.15) is 0 Å². The first-order valence-electron chi connectivity index (χ1n) is 5.37. The van der Waals surface area contributed by atoms with Crippen LogP contribution in [-0.2, 0) is 14.8 Å². The molecule has 0 bridgehead atoms. The van der Waals surface area contributed by atoms with Crippen molar-refractivity contribution in [2.24, 2.45) is 0 Å². The molecule has 0 amide bonds. The van der Waals surface area contributed by atoms with Gasteiger partial charge < -0.3 is 9.84 Å². The Morgan fingerprint density at radius 3 is 2.50 bits per heavy atom. The van der Waals surface area contributed by atoms with Crippen molar-refractivity contribution in [2.45, 2.75) is 31.5 Å². The molecule has 0 heterocycles. The molecule has 0 spiro atoms. The van der Waals surface area contributed by atoms with E-state index in [-0.39, 0.29) is 19.6 Å². The van der Waals surface area contributed by atoms with Crippen molar-refractivity contribution in [1.29, 1.82) is 0 Å². The average Bonchev–Trinajstić information content (AvgIpc) is 2.14. The molecule has 9 heteroatoms. The normalized spacial score (nSPS) is 14.7. The Balaban J connectivity index is 3.81. The third-order valence-corrected chi connectivity index (χ3v) is 3.50. The molecular weight excluding hydrogens is 275 g/mol. The highest BCUT2D eigenvalue weighted by atomic mass is 32.2. The smallest absolute Gasteiger partial charge is 0.389 e. The Bertz CT molecular complexity index is 318. The fourth-order valence-electron chi connectivity index (χ4n) is 1.19. The first kappa shape index (κ1) is 17.6. The molecule has 0 saturated heterocycles. The number of hydrogen-bond acceptors (Lipinski definition) is 4. The van der Waals surface area contributed by atoms with Crippen LogP contribution in [0.5, 0.6) is 0 Å². The number of aliphatic hydroxyl groups excluding tert-OH is 1. The third-order valence-electron chi connectivity index (χ3n) is 2.03. The van der Waals surface area contributed by atoms with Crippen LogP contribution in [0.25, 0.3) is 0 Å². The first-order chi connectivity index (χ1) is 8.16. The number of halogens is 3. The van der Waals surface area contributed by atoms with E-state index < -0.39 is 40.9 Å². The van der Waals surface area contributed by atoms with Crippen LogP contribution >= 0.6 is 0 Å². The summed E-state index contributed by atoms with van der Waals surface area (Å²) in [6.07, 6.45) is -6.59. The number of aliphatic hydroxyl groups is 1. The standard InChI is InChI=1S/C9H18F3NO4S/c1-17-7-8(14)3-5-13-18(15,16)6-2-4-9(10,11)12/h8,13-14H,2-7H2,1H3. The van der Waals surface area contributed by atoms with E-state index in [4.69, 9.17) is 0 Å². The zero-order chi connectivity index (χ0) is 14.2. The van der Waals surface area contributed by atoms with Gasteiger partial charge >= 0.3 is 6.18 Å². The van der Waals surface area contributed by atoms with E-state index in [0.717, 1.165) is 0 Å². The predicted molar refractivity (Wildman–Crippen MR) is 59.6 cm³/mol. The van der Waals surface area contributed by atoms with Crippen molar-refractivity contribution in [3.8, 4) is 0 Å². The summed E-state index contributed by atoms with van der Waals surface area (Å²) in [5.41, 5.74) is 0. The van der Waals surface area contributed by atoms with Crippen molar-refractivity contribution in [1.82, 2.24) is 4.72 Å². The van der Waals surface area contributed by atoms with E-state index in [1.165, 1.54) is 7.11 Å². The zero-order valence-corrected chi connectivity index (χ0v) is 10.9. The van der Waals surface area contributed by atoms with Gasteiger partial charge in [0.2, 0.25) is 10.0 Å². The van der Waals surface area contributed by atoms with E-state index in [1.807, 2.05) is 0 Å². The summed E-state index contributed by atoms with van der Waals surface area (Å²) in [5.74, 6) is -0.577. The fourth-order valence-corrected chi connectivity index (χ4v) is 2.29. The maximum absolute atomic E-state index is 11.8. The summed E-state index contributed by atoms with van der Waals surface area (Å²) in [6.45, 7) is 0.0503. The maximum atomic E-state index is 11.8. The molecule has 0 aromatic heterocycles. The van der Waals surface area contributed by atoms with Gasteiger partial charge in [0.15, 0.2) is 0 Å². The monoisotopic (exact) mass is 293 g/mol. The number of methoxy groups -OCH3 is 1. The topological polar surface area (TPSA) is 75.6 Å². The molecule has 0 aliphatic carbocycles. The zero-order valence-electron chi connectivity index (χ0n) is 10.0. The second-order valence-corrected chi connectivity index (χ2v) is 5.76. The van der Waals surface area contributed by atoms with Gasteiger partial charge in [-0.05, 0) is 12.8 Å². The summed E-state index contributed by atoms with van der Waals surface area (Å²) < 4.78 is 64.7. The number of alkyl halides is 3. The molecule has 5 nitrogen and oxygen atoms in total. The van der Waals surface area contributed by atoms with Gasteiger partial charge in [-0.3, -0.25) is 0 Å². The van der Waals surface area contributed by atoms with Crippen LogP contribution in [0.2, 0.25) is 0 Å². The Morgan fingerprint density at radius 1 is 1.39 bits per heavy atom. The van der Waals surface area contributed by atoms with E-state index in [9.17, 15) is 26.7 Å². The van der Waals surface area contributed by atoms with Crippen LogP contribution < -0.4 is 4.72 Å². The van der Waals surface area contributed by atoms with Gasteiger partial charge in [0.25, 0.3) is 0 Å². The molecule has 0 fully saturated rings. The summed E-state index contributed by atoms with van der Waals surface area (Å²) in [5, 5.41) is 9.22. The molecule has 0 rings (SSSR count). The summed E-state index contributed by atoms with van der Waals surface area (Å²) in [6, 6.07) is 0. The Labute approximate surface area is 104 Å². The van der Waals surface area contributed by atoms with Gasteiger partial charge in [-0.2, -0.15) is 13.2 Å². The SMILES string of the molecule is COCC(O)CCNS(=O)(=O)CCCC(F)(F)F. The molecule has 0 radical (unpaired) electrons. The Kier molecular flexibility index (Phi) is 7.76. The number of sulfonamides is 1. The first-order valence-corrected chi connectivity index (χ1v) is 7.02. The number of nitrogens with one attached hydrogen (secondary N) is 1. The van der Waals surface area contributed by atoms with Gasteiger partial charge in [-0.25, -0.2) is 13.1 Å². The predicted octanol–water partition coefficient (Wildman–Crippen LogP) is 0.646. The lowest BCUT2D eigenvalue weighted by molar-refractivity contribution is -0.134. The fraction of sp³-hybridized carbons (Fsp3) is 1.00. The van der Waals surface area contributed by atoms with Crippen molar-refractivity contribution in [2.75, 3.05) is 26.0 Å². The molecule has 110 valence electrons. The van der Waals surface area contributed by atoms with Crippen molar-refractivity contribution in [3.63, 3.8) is 0 Å². The Morgan fingerprint density at radius 2 is 2.00 bits per heavy atom. The number of ether oxygens (including phenoxy) is 1. The maximum Gasteiger partial charge on any atom is 0.389 e. The molecule has 1 unspecified atom stereocenters. The molecule has 0 aliphatic rings. The third kappa shape index (κ3) is 10.8. The van der Waals surface area contributed by atoms with Crippen LogP contribution in [-0.4, -0.2) is 51.8 Å². The lowest BCUT2D eigenvalue weighted by atomic mass is 10.3. The summed E-state index contributed by atoms with van der Waals surface area (Å²) in [7, 11) is -2.32. The van der Waals surface area contributed by atoms with Gasteiger partial charge in [0.05, 0.1) is 18.5 Å². The molecule has 18 heavy (non-hydrogen) atoms. The van der Waals surface area contributed by atoms with E-state index in [1.54, 1.807) is 0 Å². The van der Waals surface area contributed by atoms with Crippen molar-refractivity contribution < 1.29 is 31.4 Å². The number of rotatable bonds is 9. The highest BCUT2D eigenvalue weighted by Gasteiger charge is 2.27. The average molecular weight is 293 g/mol. The molecule has 0 saturated carbocycles. The highest BCUT2D eigenvalue weighted by molar-refractivity contribution is 7.89. The molecule has 1 atom stereocenters. The van der Waals surface area contributed by atoms with Gasteiger partial charge in [0, 0.05) is 20.1 Å². The molecular formula is C9H18F3NO4S. The minimum atomic E-state index is -4.34. The van der Waals surface area contributed by atoms with E-state index >= 15 is 0 Å². The van der Waals surface area contributed by atoms with Crippen LogP contribution in [0, 0.1) is 0 Å². The molecule has 2 N–H and O–H groups in total. The highest BCUT2D eigenvalue weighted by Crippen LogP contribution is 2.21. The van der Waals surface area contributed by atoms with Crippen LogP contribution in [0.4, 0.5) is 13.2 Å². The quantitative estimate of drug-likeness (QED) is 0.654. The Hall–Kier alpha value is -0.380. The summed E-state index contributed by atoms with van der Waals surface area (Å²) in [4.78, 5) is 0. The largest absolute Gasteiger partial charge is 0.391 e. The van der Waals surface area contributed by atoms with Crippen LogP contribution in [0.1, 0.15) is 19.3 Å². The van der Waals surface area contributed by atoms with Crippen molar-refractivity contribution in [3.05, 3.63) is 0 Å². The van der Waals surface area contributed by atoms with Crippen LogP contribution in [0.3, 0.4) is 0 Å². The summed E-state index contributed by atoms with van der Waals surface area (Å²) >= 11 is 0. The van der Waals surface area contributed by atoms with Crippen LogP contribution in [0.15, 0.2) is 0 Å². The molecule has 0 aromatic rings.